The lowest BCUT2D eigenvalue weighted by molar-refractivity contribution is -0.384. The first-order valence-corrected chi connectivity index (χ1v) is 7.32. The van der Waals surface area contributed by atoms with Gasteiger partial charge in [-0.25, -0.2) is 13.6 Å². The Hall–Kier alpha value is -3.27. The number of hydrogen-bond acceptors (Lipinski definition) is 5. The Balaban J connectivity index is 2.01. The number of carbonyl (C=O) groups excluding carboxylic acids is 1. The van der Waals surface area contributed by atoms with Crippen LogP contribution in [0.3, 0.4) is 0 Å². The van der Waals surface area contributed by atoms with Gasteiger partial charge in [-0.3, -0.25) is 10.1 Å². The van der Waals surface area contributed by atoms with Gasteiger partial charge in [0.25, 0.3) is 5.69 Å². The summed E-state index contributed by atoms with van der Waals surface area (Å²) in [4.78, 5) is 22.1. The van der Waals surface area contributed by atoms with Gasteiger partial charge in [0.1, 0.15) is 5.75 Å². The van der Waals surface area contributed by atoms with Crippen LogP contribution in [0.1, 0.15) is 11.7 Å². The summed E-state index contributed by atoms with van der Waals surface area (Å²) in [6, 6.07) is 5.76. The quantitative estimate of drug-likeness (QED) is 0.537. The second-order valence-corrected chi connectivity index (χ2v) is 5.17. The fraction of sp³-hybridized carbons (Fsp3) is 0.188. The van der Waals surface area contributed by atoms with E-state index in [4.69, 9.17) is 4.74 Å². The van der Waals surface area contributed by atoms with Crippen molar-refractivity contribution in [3.05, 3.63) is 63.7 Å². The van der Waals surface area contributed by atoms with Crippen molar-refractivity contribution in [3.8, 4) is 5.75 Å². The molecular weight excluding hydrogens is 352 g/mol. The number of ether oxygens (including phenoxy) is 1. The fourth-order valence-corrected chi connectivity index (χ4v) is 2.10. The number of hydrogen-bond donors (Lipinski definition) is 3. The van der Waals surface area contributed by atoms with Crippen LogP contribution in [0.25, 0.3) is 0 Å². The van der Waals surface area contributed by atoms with Crippen LogP contribution in [0.15, 0.2) is 36.4 Å². The summed E-state index contributed by atoms with van der Waals surface area (Å²) in [5.41, 5.74) is -0.110. The van der Waals surface area contributed by atoms with Crippen LogP contribution >= 0.6 is 0 Å². The molecule has 10 heteroatoms. The number of halogens is 2. The number of rotatable bonds is 6. The van der Waals surface area contributed by atoms with Crippen LogP contribution in [-0.2, 0) is 0 Å². The Bertz CT molecular complexity index is 832. The van der Waals surface area contributed by atoms with E-state index in [2.05, 4.69) is 10.6 Å². The van der Waals surface area contributed by atoms with Gasteiger partial charge in [0.15, 0.2) is 11.6 Å². The lowest BCUT2D eigenvalue weighted by Gasteiger charge is -2.14. The fourth-order valence-electron chi connectivity index (χ4n) is 2.10. The van der Waals surface area contributed by atoms with Crippen molar-refractivity contribution in [3.63, 3.8) is 0 Å². The Morgan fingerprint density at radius 3 is 2.62 bits per heavy atom. The monoisotopic (exact) mass is 367 g/mol. The topological polar surface area (TPSA) is 114 Å². The highest BCUT2D eigenvalue weighted by Gasteiger charge is 2.15. The summed E-state index contributed by atoms with van der Waals surface area (Å²) in [7, 11) is 1.33. The van der Waals surface area contributed by atoms with E-state index < -0.39 is 28.7 Å². The summed E-state index contributed by atoms with van der Waals surface area (Å²) < 4.78 is 31.0. The normalized spacial score (nSPS) is 11.5. The molecule has 0 fully saturated rings. The van der Waals surface area contributed by atoms with Gasteiger partial charge in [-0.2, -0.15) is 0 Å². The largest absolute Gasteiger partial charge is 0.495 e. The smallest absolute Gasteiger partial charge is 0.319 e. The van der Waals surface area contributed by atoms with E-state index in [-0.39, 0.29) is 29.2 Å². The van der Waals surface area contributed by atoms with Gasteiger partial charge in [-0.05, 0) is 23.8 Å². The zero-order chi connectivity index (χ0) is 19.3. The molecule has 138 valence electrons. The molecule has 26 heavy (non-hydrogen) atoms. The van der Waals surface area contributed by atoms with Gasteiger partial charge >= 0.3 is 6.03 Å². The zero-order valence-electron chi connectivity index (χ0n) is 13.5. The highest BCUT2D eigenvalue weighted by molar-refractivity contribution is 5.91. The molecule has 3 N–H and O–H groups in total. The first-order chi connectivity index (χ1) is 12.3. The Labute approximate surface area is 146 Å². The van der Waals surface area contributed by atoms with Gasteiger partial charge in [-0.15, -0.1) is 0 Å². The molecule has 1 unspecified atom stereocenters. The molecule has 2 aromatic carbocycles. The second kappa shape index (κ2) is 8.21. The van der Waals surface area contributed by atoms with Crippen molar-refractivity contribution >= 4 is 17.4 Å². The molecule has 8 nitrogen and oxygen atoms in total. The number of nitrogens with zero attached hydrogens (tertiary/aromatic N) is 1. The number of anilines is 1. The van der Waals surface area contributed by atoms with Crippen molar-refractivity contribution in [1.29, 1.82) is 0 Å². The standard InChI is InChI=1S/C16H15F2N3O5/c1-26-15-5-3-10(21(24)25)7-13(15)20-16(23)19-8-14(22)9-2-4-11(17)12(18)6-9/h2-7,14,22H,8H2,1H3,(H2,19,20,23). The van der Waals surface area contributed by atoms with Crippen molar-refractivity contribution in [2.45, 2.75) is 6.10 Å². The van der Waals surface area contributed by atoms with Crippen LogP contribution in [0.5, 0.6) is 5.75 Å². The molecule has 0 aromatic heterocycles. The SMILES string of the molecule is COc1ccc([N+](=O)[O-])cc1NC(=O)NCC(O)c1ccc(F)c(F)c1. The highest BCUT2D eigenvalue weighted by Crippen LogP contribution is 2.28. The number of nitro benzene ring substituents is 1. The molecule has 0 aliphatic heterocycles. The van der Waals surface area contributed by atoms with E-state index in [1.807, 2.05) is 0 Å². The third-order valence-electron chi connectivity index (χ3n) is 3.43. The highest BCUT2D eigenvalue weighted by atomic mass is 19.2. The maximum atomic E-state index is 13.2. The van der Waals surface area contributed by atoms with Crippen LogP contribution < -0.4 is 15.4 Å². The van der Waals surface area contributed by atoms with Crippen LogP contribution in [0.2, 0.25) is 0 Å². The Kier molecular flexibility index (Phi) is 6.02. The lowest BCUT2D eigenvalue weighted by Crippen LogP contribution is -2.32. The van der Waals surface area contributed by atoms with Crippen LogP contribution in [0, 0.1) is 21.7 Å². The number of carbonyl (C=O) groups is 1. The van der Waals surface area contributed by atoms with Gasteiger partial charge in [0, 0.05) is 18.7 Å². The predicted molar refractivity (Wildman–Crippen MR) is 88.0 cm³/mol. The number of methoxy groups -OCH3 is 1. The van der Waals surface area contributed by atoms with Crippen LogP contribution in [0.4, 0.5) is 25.0 Å². The zero-order valence-corrected chi connectivity index (χ0v) is 13.5. The van der Waals surface area contributed by atoms with E-state index in [1.165, 1.54) is 25.3 Å². The van der Waals surface area contributed by atoms with E-state index in [1.54, 1.807) is 0 Å². The van der Waals surface area contributed by atoms with Crippen molar-refractivity contribution in [2.75, 3.05) is 19.0 Å². The minimum atomic E-state index is -1.28. The van der Waals surface area contributed by atoms with Crippen LogP contribution in [-0.4, -0.2) is 29.7 Å². The van der Waals surface area contributed by atoms with Gasteiger partial charge in [0.2, 0.25) is 0 Å². The minimum Gasteiger partial charge on any atom is -0.495 e. The summed E-state index contributed by atoms with van der Waals surface area (Å²) in [6.07, 6.45) is -1.28. The number of amides is 2. The third-order valence-corrected chi connectivity index (χ3v) is 3.43. The second-order valence-electron chi connectivity index (χ2n) is 5.17. The predicted octanol–water partition coefficient (Wildman–Crippen LogP) is 2.74. The molecule has 0 spiro atoms. The number of benzene rings is 2. The van der Waals surface area contributed by atoms with E-state index in [9.17, 15) is 28.8 Å². The average molecular weight is 367 g/mol. The molecule has 0 heterocycles. The first-order valence-electron chi connectivity index (χ1n) is 7.32. The molecule has 2 rings (SSSR count). The molecule has 2 amide bonds. The van der Waals surface area contributed by atoms with E-state index >= 15 is 0 Å². The summed E-state index contributed by atoms with van der Waals surface area (Å²) in [5, 5.41) is 25.4. The lowest BCUT2D eigenvalue weighted by atomic mass is 10.1. The summed E-state index contributed by atoms with van der Waals surface area (Å²) in [5.74, 6) is -1.97. The number of nitrogens with one attached hydrogen (secondary N) is 2. The number of non-ortho nitro benzene ring substituents is 1. The average Bonchev–Trinajstić information content (AvgIpc) is 2.61. The molecule has 1 atom stereocenters. The molecule has 0 radical (unpaired) electrons. The van der Waals surface area contributed by atoms with Crippen molar-refractivity contribution in [2.24, 2.45) is 0 Å². The van der Waals surface area contributed by atoms with Gasteiger partial charge < -0.3 is 20.5 Å². The van der Waals surface area contributed by atoms with Gasteiger partial charge in [0.05, 0.1) is 23.8 Å². The maximum Gasteiger partial charge on any atom is 0.319 e. The number of urea groups is 1. The molecule has 0 saturated carbocycles. The number of aliphatic hydroxyl groups excluding tert-OH is 1. The summed E-state index contributed by atoms with van der Waals surface area (Å²) in [6.45, 7) is -0.297. The number of nitro groups is 1. The molecule has 0 bridgehead atoms. The minimum absolute atomic E-state index is 0.0570. The van der Waals surface area contributed by atoms with Gasteiger partial charge in [-0.1, -0.05) is 6.07 Å². The molecular formula is C16H15F2N3O5. The van der Waals surface area contributed by atoms with E-state index in [0.29, 0.717) is 0 Å². The summed E-state index contributed by atoms with van der Waals surface area (Å²) >= 11 is 0. The van der Waals surface area contributed by atoms with E-state index in [0.717, 1.165) is 18.2 Å². The van der Waals surface area contributed by atoms with Crippen molar-refractivity contribution < 1.29 is 28.3 Å². The third kappa shape index (κ3) is 4.63. The van der Waals surface area contributed by atoms with Crippen molar-refractivity contribution in [1.82, 2.24) is 5.32 Å². The first kappa shape index (κ1) is 19.1. The Morgan fingerprint density at radius 2 is 2.00 bits per heavy atom. The Morgan fingerprint density at radius 1 is 1.27 bits per heavy atom. The molecule has 0 saturated heterocycles. The number of aliphatic hydroxyl groups is 1. The molecule has 2 aromatic rings. The molecule has 0 aliphatic carbocycles. The molecule has 0 aliphatic rings. The maximum absolute atomic E-state index is 13.2.